The molecule has 0 fully saturated rings. The number of esters is 2. The van der Waals surface area contributed by atoms with Crippen LogP contribution >= 0.6 is 11.6 Å². The van der Waals surface area contributed by atoms with Crippen LogP contribution in [-0.4, -0.2) is 38.2 Å². The van der Waals surface area contributed by atoms with Gasteiger partial charge in [0.1, 0.15) is 5.83 Å². The van der Waals surface area contributed by atoms with Gasteiger partial charge in [-0.3, -0.25) is 9.59 Å². The smallest absolute Gasteiger partial charge is 0.308 e. The molecule has 4 rings (SSSR count). The van der Waals surface area contributed by atoms with Crippen molar-refractivity contribution in [3.05, 3.63) is 95.7 Å². The number of carbonyl (C=O) groups is 2. The van der Waals surface area contributed by atoms with Gasteiger partial charge in [-0.15, -0.1) is 11.6 Å². The molecule has 4 aliphatic carbocycles. The van der Waals surface area contributed by atoms with Crippen molar-refractivity contribution >= 4 is 23.5 Å². The Morgan fingerprint density at radius 3 is 1.27 bits per heavy atom. The minimum atomic E-state index is -2.41. The highest BCUT2D eigenvalue weighted by atomic mass is 35.5. The summed E-state index contributed by atoms with van der Waals surface area (Å²) < 4.78 is 72.4. The maximum absolute atomic E-state index is 13.0. The van der Waals surface area contributed by atoms with E-state index in [4.69, 9.17) is 11.6 Å². The first-order valence-corrected chi connectivity index (χ1v) is 30.3. The minimum absolute atomic E-state index is 0.00463. The van der Waals surface area contributed by atoms with E-state index in [9.17, 15) is 31.5 Å². The molecule has 0 saturated heterocycles. The molecular formula is C67H122ClF5O4. The number of rotatable bonds is 13. The second-order valence-corrected chi connectivity index (χ2v) is 21.4. The van der Waals surface area contributed by atoms with Gasteiger partial charge in [-0.25, -0.2) is 22.0 Å². The molecule has 0 spiro atoms. The van der Waals surface area contributed by atoms with Crippen molar-refractivity contribution in [2.75, 3.05) is 20.1 Å². The number of methoxy groups -OCH3 is 2. The first-order chi connectivity index (χ1) is 36.3. The highest BCUT2D eigenvalue weighted by Crippen LogP contribution is 2.41. The lowest BCUT2D eigenvalue weighted by Crippen LogP contribution is -2.22. The van der Waals surface area contributed by atoms with Crippen molar-refractivity contribution in [2.45, 2.75) is 260 Å². The van der Waals surface area contributed by atoms with Crippen LogP contribution in [0, 0.1) is 40.9 Å². The molecule has 0 saturated carbocycles. The molecule has 0 aromatic heterocycles. The molecule has 10 heteroatoms. The number of ether oxygens (including phenoxy) is 2. The molecule has 4 nitrogen and oxygen atoms in total. The molecule has 5 atom stereocenters. The van der Waals surface area contributed by atoms with Crippen LogP contribution in [0.4, 0.5) is 22.0 Å². The number of allylic oxidation sites excluding steroid dienone is 16. The van der Waals surface area contributed by atoms with Crippen LogP contribution in [0.1, 0.15) is 254 Å². The highest BCUT2D eigenvalue weighted by molar-refractivity contribution is 6.17. The van der Waals surface area contributed by atoms with E-state index in [1.54, 1.807) is 20.8 Å². The second kappa shape index (κ2) is 63.6. The van der Waals surface area contributed by atoms with Gasteiger partial charge in [0.2, 0.25) is 0 Å². The summed E-state index contributed by atoms with van der Waals surface area (Å²) in [6, 6.07) is 0. The van der Waals surface area contributed by atoms with Gasteiger partial charge in [-0.2, -0.15) is 0 Å². The largest absolute Gasteiger partial charge is 0.469 e. The molecule has 0 aromatic rings. The van der Waals surface area contributed by atoms with E-state index in [1.807, 2.05) is 13.8 Å². The molecule has 0 bridgehead atoms. The van der Waals surface area contributed by atoms with Gasteiger partial charge in [0.05, 0.1) is 26.1 Å². The molecule has 5 unspecified atom stereocenters. The van der Waals surface area contributed by atoms with Crippen molar-refractivity contribution in [3.8, 4) is 0 Å². The molecule has 0 aromatic carbocycles. The predicted molar refractivity (Wildman–Crippen MR) is 332 cm³/mol. The third-order valence-corrected chi connectivity index (χ3v) is 11.5. The van der Waals surface area contributed by atoms with Gasteiger partial charge in [0.25, 0.3) is 0 Å². The van der Waals surface area contributed by atoms with E-state index < -0.39 is 35.4 Å². The fraction of sp³-hybridized carbons (Fsp3) is 0.731. The van der Waals surface area contributed by atoms with Crippen molar-refractivity contribution in [3.63, 3.8) is 0 Å². The van der Waals surface area contributed by atoms with Gasteiger partial charge in [0, 0.05) is 12.3 Å². The zero-order valence-corrected chi connectivity index (χ0v) is 54.5. The molecule has 0 N–H and O–H groups in total. The van der Waals surface area contributed by atoms with Crippen LogP contribution in [-0.2, 0) is 19.1 Å². The van der Waals surface area contributed by atoms with Gasteiger partial charge in [0.15, 0.2) is 23.7 Å². The summed E-state index contributed by atoms with van der Waals surface area (Å²) in [7, 11) is 2.79. The Hall–Kier alpha value is -3.20. The SMILES string of the molecule is CC1C=CC=CC1.CCC.CCC(C)C.CCCC.CCCC.CCCC(=O)OC.CCCC1C(F)=C(F)C(F)=C(F)C1F.CCCC1C=CC(C(C)(C)C)=CC1.CCCC1C=CC=CC1.CCCCl.COC(=O)C(C)C. The van der Waals surface area contributed by atoms with Gasteiger partial charge >= 0.3 is 11.9 Å². The Morgan fingerprint density at radius 2 is 1.04 bits per heavy atom. The van der Waals surface area contributed by atoms with E-state index >= 15 is 0 Å². The standard InChI is InChI=1S/C13H22.C9H9F5.C9H14.C7H10.2C5H10O2.C5H12.2C4H10.C3H7Cl.C3H8/c1-5-6-11-7-9-12(10-8-11)13(2,3)4;1-2-3-4-5(10)7(12)9(14)8(13)6(4)11;1-2-6-9-7-4-3-5-8-9;1-7-5-3-2-4-6-7;1-4(2)5(6)7-3;1-3-4-5(6)7-2;1-4-5(2)3;2*1-3-4-2;1-2-3-4;1-3-2/h7,9-11H,5-6,8H2,1-4H3;4-5H,2-3H2,1H3;3-5,7,9H,2,6,8H2,1H3;2-5,7H,6H2,1H3;4H,1-3H3;3-4H2,1-2H3;5H,4H2,1-3H3;2*3-4H2,1-2H3;2-3H2,1H3;3H2,1-2H3. The van der Waals surface area contributed by atoms with Crippen molar-refractivity contribution in [1.29, 1.82) is 0 Å². The summed E-state index contributed by atoms with van der Waals surface area (Å²) >= 11 is 5.19. The zero-order valence-electron chi connectivity index (χ0n) is 53.7. The summed E-state index contributed by atoms with van der Waals surface area (Å²) in [5, 5.41) is 0. The lowest BCUT2D eigenvalue weighted by atomic mass is 9.81. The molecule has 4 aliphatic rings. The maximum atomic E-state index is 13.0. The summed E-state index contributed by atoms with van der Waals surface area (Å²) in [5.74, 6) is -5.05. The number of halogens is 6. The number of hydrogen-bond donors (Lipinski definition) is 0. The van der Waals surface area contributed by atoms with Crippen LogP contribution < -0.4 is 0 Å². The Bertz CT molecular complexity index is 1550. The average molecular weight is 1120 g/mol. The Morgan fingerprint density at radius 1 is 0.610 bits per heavy atom. The molecule has 0 radical (unpaired) electrons. The summed E-state index contributed by atoms with van der Waals surface area (Å²) in [6.45, 7) is 42.4. The van der Waals surface area contributed by atoms with Crippen LogP contribution in [0.2, 0.25) is 0 Å². The predicted octanol–water partition coefficient (Wildman–Crippen LogP) is 23.9. The van der Waals surface area contributed by atoms with Gasteiger partial charge in [-0.05, 0) is 86.0 Å². The lowest BCUT2D eigenvalue weighted by Gasteiger charge is -2.24. The number of unbranched alkanes of at least 4 members (excludes halogenated alkanes) is 2. The fourth-order valence-electron chi connectivity index (χ4n) is 5.65. The normalized spacial score (nSPS) is 18.2. The summed E-state index contributed by atoms with van der Waals surface area (Å²) in [5.41, 5.74) is 1.83. The summed E-state index contributed by atoms with van der Waals surface area (Å²) in [6.07, 6.45) is 41.8. The van der Waals surface area contributed by atoms with Crippen molar-refractivity contribution < 1.29 is 41.0 Å². The quantitative estimate of drug-likeness (QED) is 0.105. The third kappa shape index (κ3) is 60.3. The summed E-state index contributed by atoms with van der Waals surface area (Å²) in [4.78, 5) is 20.5. The molecular weight excluding hydrogens is 999 g/mol. The van der Waals surface area contributed by atoms with Crippen molar-refractivity contribution in [2.24, 2.45) is 40.9 Å². The number of hydrogen-bond acceptors (Lipinski definition) is 4. The number of alkyl halides is 2. The van der Waals surface area contributed by atoms with Crippen LogP contribution in [0.3, 0.4) is 0 Å². The van der Waals surface area contributed by atoms with E-state index in [0.29, 0.717) is 18.3 Å². The molecule has 0 heterocycles. The molecule has 0 amide bonds. The van der Waals surface area contributed by atoms with E-state index in [0.717, 1.165) is 42.4 Å². The van der Waals surface area contributed by atoms with Crippen LogP contribution in [0.25, 0.3) is 0 Å². The average Bonchev–Trinajstić information content (AvgIpc) is 3.42. The van der Waals surface area contributed by atoms with E-state index in [2.05, 4.69) is 180 Å². The number of carbonyl (C=O) groups excluding carboxylic acids is 2. The zero-order chi connectivity index (χ0) is 61.2. The van der Waals surface area contributed by atoms with Crippen molar-refractivity contribution in [1.82, 2.24) is 0 Å². The second-order valence-electron chi connectivity index (χ2n) is 21.0. The molecule has 0 aliphatic heterocycles. The monoisotopic (exact) mass is 1120 g/mol. The Balaban J connectivity index is -0.000000145. The Labute approximate surface area is 479 Å². The third-order valence-electron chi connectivity index (χ3n) is 11.1. The Kier molecular flexibility index (Phi) is 72.4. The van der Waals surface area contributed by atoms with Crippen LogP contribution in [0.15, 0.2) is 95.7 Å². The maximum Gasteiger partial charge on any atom is 0.308 e. The molecule has 456 valence electrons. The van der Waals surface area contributed by atoms with E-state index in [-0.39, 0.29) is 24.3 Å². The van der Waals surface area contributed by atoms with Gasteiger partial charge in [-0.1, -0.05) is 263 Å². The molecule has 77 heavy (non-hydrogen) atoms. The topological polar surface area (TPSA) is 52.6 Å². The van der Waals surface area contributed by atoms with Gasteiger partial charge < -0.3 is 9.47 Å². The fourth-order valence-corrected chi connectivity index (χ4v) is 5.65. The lowest BCUT2D eigenvalue weighted by molar-refractivity contribution is -0.144. The van der Waals surface area contributed by atoms with Crippen LogP contribution in [0.5, 0.6) is 0 Å². The van der Waals surface area contributed by atoms with E-state index in [1.165, 1.54) is 103 Å². The first kappa shape index (κ1) is 87.7. The minimum Gasteiger partial charge on any atom is -0.469 e. The first-order valence-electron chi connectivity index (χ1n) is 29.8. The highest BCUT2D eigenvalue weighted by Gasteiger charge is 2.39.